The number of rotatable bonds is 1. The minimum atomic E-state index is 0.263. The second-order valence-corrected chi connectivity index (χ2v) is 3.60. The molecule has 0 aromatic heterocycles. The summed E-state index contributed by atoms with van der Waals surface area (Å²) in [6, 6.07) is 0.438. The monoisotopic (exact) mass is 182 g/mol. The molecule has 4 N–H and O–H groups in total. The number of nitrogens with one attached hydrogen (secondary N) is 4. The maximum atomic E-state index is 7.49. The molecule has 1 aliphatic rings. The smallest absolute Gasteiger partial charge is 0.194 e. The number of hydrogen-bond donors (Lipinski definition) is 4. The van der Waals surface area contributed by atoms with Gasteiger partial charge in [0.1, 0.15) is 0 Å². The highest BCUT2D eigenvalue weighted by Crippen LogP contribution is 2.16. The molecule has 1 aliphatic carbocycles. The van der Waals surface area contributed by atoms with Crippen LogP contribution in [0, 0.1) is 10.8 Å². The van der Waals surface area contributed by atoms with Crippen molar-refractivity contribution >= 4 is 11.8 Å². The predicted molar refractivity (Wildman–Crippen MR) is 54.3 cm³/mol. The lowest BCUT2D eigenvalue weighted by Crippen LogP contribution is -2.44. The molecule has 4 nitrogen and oxygen atoms in total. The van der Waals surface area contributed by atoms with E-state index in [1.54, 1.807) is 6.92 Å². The third-order valence-corrected chi connectivity index (χ3v) is 2.27. The molecule has 0 amide bonds. The first-order valence-electron chi connectivity index (χ1n) is 4.86. The molecule has 0 spiro atoms. The molecule has 0 unspecified atom stereocenters. The van der Waals surface area contributed by atoms with E-state index in [2.05, 4.69) is 10.6 Å². The van der Waals surface area contributed by atoms with Crippen LogP contribution in [0.2, 0.25) is 0 Å². The molecule has 1 rings (SSSR count). The summed E-state index contributed by atoms with van der Waals surface area (Å²) in [6.45, 7) is 1.64. The van der Waals surface area contributed by atoms with E-state index in [-0.39, 0.29) is 5.96 Å². The average Bonchev–Trinajstić information content (AvgIpc) is 2.04. The van der Waals surface area contributed by atoms with Crippen LogP contribution in [0.5, 0.6) is 0 Å². The van der Waals surface area contributed by atoms with Crippen LogP contribution in [-0.2, 0) is 0 Å². The van der Waals surface area contributed by atoms with Crippen molar-refractivity contribution in [2.24, 2.45) is 0 Å². The Bertz CT molecular complexity index is 194. The minimum Gasteiger partial charge on any atom is -0.354 e. The molecule has 0 aliphatic heterocycles. The van der Waals surface area contributed by atoms with Gasteiger partial charge in [0.15, 0.2) is 5.96 Å². The lowest BCUT2D eigenvalue weighted by molar-refractivity contribution is 0.411. The lowest BCUT2D eigenvalue weighted by atomic mass is 9.96. The Kier molecular flexibility index (Phi) is 3.73. The van der Waals surface area contributed by atoms with Crippen LogP contribution in [-0.4, -0.2) is 17.8 Å². The Morgan fingerprint density at radius 1 is 1.15 bits per heavy atom. The van der Waals surface area contributed by atoms with Crippen LogP contribution in [0.1, 0.15) is 39.0 Å². The summed E-state index contributed by atoms with van der Waals surface area (Å²) < 4.78 is 0. The number of hydrogen-bond acceptors (Lipinski definition) is 2. The fourth-order valence-electron chi connectivity index (χ4n) is 1.67. The van der Waals surface area contributed by atoms with Gasteiger partial charge in [-0.25, -0.2) is 0 Å². The zero-order valence-corrected chi connectivity index (χ0v) is 8.11. The van der Waals surface area contributed by atoms with Gasteiger partial charge in [-0.1, -0.05) is 19.3 Å². The molecule has 0 aromatic rings. The first-order chi connectivity index (χ1) is 6.18. The molecule has 4 heteroatoms. The fourth-order valence-corrected chi connectivity index (χ4v) is 1.67. The van der Waals surface area contributed by atoms with E-state index in [4.69, 9.17) is 10.8 Å². The van der Waals surface area contributed by atoms with Crippen molar-refractivity contribution in [3.05, 3.63) is 0 Å². The van der Waals surface area contributed by atoms with Crippen LogP contribution in [0.3, 0.4) is 0 Å². The highest BCUT2D eigenvalue weighted by molar-refractivity contribution is 5.95. The van der Waals surface area contributed by atoms with Gasteiger partial charge in [-0.2, -0.15) is 0 Å². The van der Waals surface area contributed by atoms with Gasteiger partial charge in [-0.15, -0.1) is 0 Å². The van der Waals surface area contributed by atoms with Gasteiger partial charge in [0.05, 0.1) is 5.84 Å². The van der Waals surface area contributed by atoms with Gasteiger partial charge in [-0.3, -0.25) is 10.8 Å². The van der Waals surface area contributed by atoms with Crippen molar-refractivity contribution in [2.45, 2.75) is 45.1 Å². The summed E-state index contributed by atoms with van der Waals surface area (Å²) in [5, 5.41) is 20.4. The topological polar surface area (TPSA) is 71.8 Å². The number of guanidine groups is 1. The minimum absolute atomic E-state index is 0.263. The molecule has 1 fully saturated rings. The Morgan fingerprint density at radius 3 is 2.31 bits per heavy atom. The predicted octanol–water partition coefficient (Wildman–Crippen LogP) is 1.43. The van der Waals surface area contributed by atoms with Gasteiger partial charge >= 0.3 is 0 Å². The molecule has 0 saturated heterocycles. The van der Waals surface area contributed by atoms with Crippen LogP contribution in [0.25, 0.3) is 0 Å². The molecule has 0 radical (unpaired) electrons. The molecular formula is C9H18N4. The third kappa shape index (κ3) is 3.92. The van der Waals surface area contributed by atoms with Crippen molar-refractivity contribution < 1.29 is 0 Å². The molecule has 0 atom stereocenters. The van der Waals surface area contributed by atoms with Gasteiger partial charge in [-0.05, 0) is 19.8 Å². The van der Waals surface area contributed by atoms with Crippen molar-refractivity contribution in [1.82, 2.24) is 10.6 Å². The zero-order valence-electron chi connectivity index (χ0n) is 8.11. The van der Waals surface area contributed by atoms with E-state index in [0.717, 1.165) is 12.8 Å². The largest absolute Gasteiger partial charge is 0.354 e. The number of amidine groups is 1. The Labute approximate surface area is 79.1 Å². The van der Waals surface area contributed by atoms with Crippen molar-refractivity contribution in [1.29, 1.82) is 10.8 Å². The molecule has 0 heterocycles. The van der Waals surface area contributed by atoms with Gasteiger partial charge < -0.3 is 10.6 Å². The third-order valence-electron chi connectivity index (χ3n) is 2.27. The van der Waals surface area contributed by atoms with Crippen molar-refractivity contribution in [3.63, 3.8) is 0 Å². The van der Waals surface area contributed by atoms with Crippen molar-refractivity contribution in [3.8, 4) is 0 Å². The maximum Gasteiger partial charge on any atom is 0.194 e. The van der Waals surface area contributed by atoms with Crippen LogP contribution in [0.15, 0.2) is 0 Å². The maximum absolute atomic E-state index is 7.49. The molecule has 0 bridgehead atoms. The SMILES string of the molecule is CC(=N)NC(=N)NC1CCCCC1. The quantitative estimate of drug-likeness (QED) is 0.366. The standard InChI is InChI=1S/C9H18N4/c1-7(10)12-9(11)13-8-5-3-2-4-6-8/h8H,2-6H2,1H3,(H4,10,11,12,13). The van der Waals surface area contributed by atoms with E-state index in [0.29, 0.717) is 11.9 Å². The molecule has 0 aromatic carbocycles. The van der Waals surface area contributed by atoms with E-state index in [1.807, 2.05) is 0 Å². The van der Waals surface area contributed by atoms with E-state index < -0.39 is 0 Å². The van der Waals surface area contributed by atoms with E-state index >= 15 is 0 Å². The normalized spacial score (nSPS) is 17.9. The summed E-state index contributed by atoms with van der Waals surface area (Å²) in [4.78, 5) is 0. The summed E-state index contributed by atoms with van der Waals surface area (Å²) in [6.07, 6.45) is 6.15. The highest BCUT2D eigenvalue weighted by Gasteiger charge is 2.13. The van der Waals surface area contributed by atoms with Gasteiger partial charge in [0.25, 0.3) is 0 Å². The summed E-state index contributed by atoms with van der Waals surface area (Å²) in [7, 11) is 0. The average molecular weight is 182 g/mol. The molecule has 1 saturated carbocycles. The highest BCUT2D eigenvalue weighted by atomic mass is 15.2. The lowest BCUT2D eigenvalue weighted by Gasteiger charge is -2.23. The summed E-state index contributed by atoms with van der Waals surface area (Å²) in [5.41, 5.74) is 0. The molecular weight excluding hydrogens is 164 g/mol. The van der Waals surface area contributed by atoms with Crippen LogP contribution < -0.4 is 10.6 Å². The van der Waals surface area contributed by atoms with Crippen LogP contribution in [0.4, 0.5) is 0 Å². The first-order valence-corrected chi connectivity index (χ1v) is 4.86. The zero-order chi connectivity index (χ0) is 9.68. The second-order valence-electron chi connectivity index (χ2n) is 3.60. The van der Waals surface area contributed by atoms with Crippen LogP contribution >= 0.6 is 0 Å². The Morgan fingerprint density at radius 2 is 1.77 bits per heavy atom. The summed E-state index contributed by atoms with van der Waals surface area (Å²) in [5.74, 6) is 0.577. The summed E-state index contributed by atoms with van der Waals surface area (Å²) >= 11 is 0. The molecule has 13 heavy (non-hydrogen) atoms. The van der Waals surface area contributed by atoms with Gasteiger partial charge in [0, 0.05) is 6.04 Å². The van der Waals surface area contributed by atoms with Crippen molar-refractivity contribution in [2.75, 3.05) is 0 Å². The first kappa shape index (κ1) is 10.0. The van der Waals surface area contributed by atoms with E-state index in [1.165, 1.54) is 19.3 Å². The fraction of sp³-hybridized carbons (Fsp3) is 0.778. The van der Waals surface area contributed by atoms with E-state index in [9.17, 15) is 0 Å². The Balaban J connectivity index is 2.22. The van der Waals surface area contributed by atoms with Gasteiger partial charge in [0.2, 0.25) is 0 Å². The Hall–Kier alpha value is -1.06. The second kappa shape index (κ2) is 4.84. The molecule has 74 valence electrons.